The average Bonchev–Trinajstić information content (AvgIpc) is 2.84. The molecule has 0 saturated heterocycles. The Morgan fingerprint density at radius 3 is 1.79 bits per heavy atom. The van der Waals surface area contributed by atoms with Crippen molar-refractivity contribution in [2.75, 3.05) is 0 Å². The fourth-order valence-electron chi connectivity index (χ4n) is 4.40. The van der Waals surface area contributed by atoms with Crippen LogP contribution < -0.4 is 0 Å². The highest BCUT2D eigenvalue weighted by atomic mass is 28.4. The Balaban J connectivity index is 3.04. The Bertz CT molecular complexity index is 474. The molecule has 0 bridgehead atoms. The number of hydrogen-bond acceptors (Lipinski definition) is 4. The van der Waals surface area contributed by atoms with E-state index in [0.29, 0.717) is 29.5 Å². The maximum atomic E-state index is 10.7. The first kappa shape index (κ1) is 20.8. The van der Waals surface area contributed by atoms with Crippen molar-refractivity contribution < 1.29 is 9.53 Å². The molecule has 0 radical (unpaired) electrons. The van der Waals surface area contributed by atoms with Gasteiger partial charge in [0, 0.05) is 15.7 Å². The molecule has 1 saturated carbocycles. The number of hydrogen-bond donors (Lipinski definition) is 1. The minimum atomic E-state index is -2.10. The third-order valence-corrected chi connectivity index (χ3v) is 11.5. The molecule has 0 unspecified atom stereocenters. The number of nitrogens with zero attached hydrogens (tertiary/aromatic N) is 6. The zero-order valence-corrected chi connectivity index (χ0v) is 16.5. The quantitative estimate of drug-likeness (QED) is 0.276. The van der Waals surface area contributed by atoms with E-state index in [-0.39, 0.29) is 12.0 Å². The molecule has 0 aromatic rings. The van der Waals surface area contributed by atoms with Crippen LogP contribution in [0.5, 0.6) is 0 Å². The van der Waals surface area contributed by atoms with Crippen LogP contribution in [-0.4, -0.2) is 31.8 Å². The van der Waals surface area contributed by atoms with Crippen LogP contribution in [0.25, 0.3) is 20.9 Å². The second kappa shape index (κ2) is 8.74. The molecule has 0 aromatic heterocycles. The molecule has 136 valence electrons. The van der Waals surface area contributed by atoms with E-state index in [1.165, 1.54) is 0 Å². The van der Waals surface area contributed by atoms with Crippen LogP contribution in [0.2, 0.25) is 16.6 Å². The van der Waals surface area contributed by atoms with E-state index in [1.807, 2.05) is 0 Å². The largest absolute Gasteiger partial charge is 0.410 e. The summed E-state index contributed by atoms with van der Waals surface area (Å²) in [6.07, 6.45) is -0.677. The Morgan fingerprint density at radius 2 is 1.42 bits per heavy atom. The van der Waals surface area contributed by atoms with E-state index in [2.05, 4.69) is 61.6 Å². The van der Waals surface area contributed by atoms with Gasteiger partial charge in [0.25, 0.3) is 0 Å². The Labute approximate surface area is 145 Å². The lowest BCUT2D eigenvalue weighted by atomic mass is 10.0. The normalized spacial score (nSPS) is 25.7. The van der Waals surface area contributed by atoms with Crippen molar-refractivity contribution >= 4 is 8.32 Å². The first-order valence-electron chi connectivity index (χ1n) is 8.66. The van der Waals surface area contributed by atoms with Crippen molar-refractivity contribution in [3.63, 3.8) is 0 Å². The molecule has 0 heterocycles. The van der Waals surface area contributed by atoms with Gasteiger partial charge in [0.2, 0.25) is 8.32 Å². The van der Waals surface area contributed by atoms with Crippen molar-refractivity contribution in [3.8, 4) is 0 Å². The average molecular weight is 355 g/mol. The summed E-state index contributed by atoms with van der Waals surface area (Å²) in [6, 6.07) is 0. The first-order valence-corrected chi connectivity index (χ1v) is 10.8. The summed E-state index contributed by atoms with van der Waals surface area (Å²) in [5.41, 5.74) is 18.6. The predicted octanol–water partition coefficient (Wildman–Crippen LogP) is 5.26. The highest BCUT2D eigenvalue weighted by Gasteiger charge is 2.50. The van der Waals surface area contributed by atoms with Crippen LogP contribution in [-0.2, 0) is 4.43 Å². The topological polar surface area (TPSA) is 127 Å². The minimum Gasteiger partial charge on any atom is -0.410 e. The maximum absolute atomic E-state index is 10.7. The zero-order chi connectivity index (χ0) is 18.5. The lowest BCUT2D eigenvalue weighted by Crippen LogP contribution is -2.52. The molecular weight excluding hydrogens is 324 g/mol. The van der Waals surface area contributed by atoms with Crippen molar-refractivity contribution in [3.05, 3.63) is 20.9 Å². The van der Waals surface area contributed by atoms with Crippen molar-refractivity contribution in [2.24, 2.45) is 16.1 Å². The van der Waals surface area contributed by atoms with Crippen LogP contribution in [0.3, 0.4) is 0 Å². The lowest BCUT2D eigenvalue weighted by molar-refractivity contribution is 0.0199. The van der Waals surface area contributed by atoms with Crippen LogP contribution in [0.4, 0.5) is 0 Å². The molecule has 0 spiro atoms. The maximum Gasteiger partial charge on any atom is 0.200 e. The smallest absolute Gasteiger partial charge is 0.200 e. The van der Waals surface area contributed by atoms with Crippen LogP contribution in [0.15, 0.2) is 10.2 Å². The van der Waals surface area contributed by atoms with E-state index in [0.717, 1.165) is 0 Å². The SMILES string of the molecule is CC(C)[Si](O[C@@H]1CC[C@@H](C(N=[N+]=[N-])N=[N+]=[N-])[C@H]1O)(C(C)C)C(C)C. The summed E-state index contributed by atoms with van der Waals surface area (Å²) in [5, 5.41) is 17.8. The molecule has 3 atom stereocenters. The standard InChI is InChI=1S/C15H30N6O2Si/c1-9(2)24(10(3)4,11(5)6)23-13-8-7-12(14(13)22)15(18-20-16)19-21-17/h9-15,22H,7-8H2,1-6H3/t12-,13-,14-/m1/s1. The van der Waals surface area contributed by atoms with Gasteiger partial charge in [0.15, 0.2) is 0 Å². The summed E-state index contributed by atoms with van der Waals surface area (Å²) in [5.74, 6) is -0.389. The molecule has 24 heavy (non-hydrogen) atoms. The third-order valence-electron chi connectivity index (χ3n) is 5.39. The van der Waals surface area contributed by atoms with E-state index in [1.54, 1.807) is 0 Å². The highest BCUT2D eigenvalue weighted by Crippen LogP contribution is 2.45. The Morgan fingerprint density at radius 1 is 0.958 bits per heavy atom. The molecule has 0 aliphatic heterocycles. The molecule has 8 nitrogen and oxygen atoms in total. The van der Waals surface area contributed by atoms with Gasteiger partial charge in [0.05, 0.1) is 12.2 Å². The Hall–Kier alpha value is -1.24. The van der Waals surface area contributed by atoms with Gasteiger partial charge < -0.3 is 9.53 Å². The third kappa shape index (κ3) is 4.04. The lowest BCUT2D eigenvalue weighted by Gasteiger charge is -2.44. The molecule has 1 aliphatic carbocycles. The van der Waals surface area contributed by atoms with Gasteiger partial charge in [-0.25, -0.2) is 0 Å². The van der Waals surface area contributed by atoms with Crippen molar-refractivity contribution in [1.29, 1.82) is 0 Å². The molecule has 9 heteroatoms. The molecule has 0 amide bonds. The fraction of sp³-hybridized carbons (Fsp3) is 1.00. The molecular formula is C15H30N6O2Si. The second-order valence-electron chi connectivity index (χ2n) is 7.53. The molecule has 1 rings (SSSR count). The van der Waals surface area contributed by atoms with Gasteiger partial charge in [-0.15, -0.1) is 0 Å². The summed E-state index contributed by atoms with van der Waals surface area (Å²) < 4.78 is 6.65. The Kier molecular flexibility index (Phi) is 7.57. The van der Waals surface area contributed by atoms with Crippen LogP contribution in [0.1, 0.15) is 54.4 Å². The highest BCUT2D eigenvalue weighted by molar-refractivity contribution is 6.77. The van der Waals surface area contributed by atoms with E-state index < -0.39 is 20.6 Å². The van der Waals surface area contributed by atoms with Gasteiger partial charge in [-0.1, -0.05) is 51.8 Å². The van der Waals surface area contributed by atoms with E-state index in [4.69, 9.17) is 15.5 Å². The van der Waals surface area contributed by atoms with Crippen molar-refractivity contribution in [2.45, 2.75) is 89.4 Å². The molecule has 1 aliphatic rings. The predicted molar refractivity (Wildman–Crippen MR) is 96.7 cm³/mol. The van der Waals surface area contributed by atoms with Crippen LogP contribution >= 0.6 is 0 Å². The fourth-order valence-corrected chi connectivity index (χ4v) is 10.00. The monoisotopic (exact) mass is 354 g/mol. The molecule has 1 N–H and O–H groups in total. The number of rotatable bonds is 8. The summed E-state index contributed by atoms with van der Waals surface area (Å²) in [4.78, 5) is 5.47. The number of aliphatic hydroxyl groups excluding tert-OH is 1. The van der Waals surface area contributed by atoms with Gasteiger partial charge in [0.1, 0.15) is 6.17 Å². The van der Waals surface area contributed by atoms with E-state index >= 15 is 0 Å². The first-order chi connectivity index (χ1) is 11.2. The molecule has 0 aromatic carbocycles. The second-order valence-corrected chi connectivity index (χ2v) is 12.9. The summed E-state index contributed by atoms with van der Waals surface area (Å²) in [7, 11) is -2.10. The zero-order valence-electron chi connectivity index (χ0n) is 15.5. The molecule has 1 fully saturated rings. The van der Waals surface area contributed by atoms with Crippen molar-refractivity contribution in [1.82, 2.24) is 0 Å². The van der Waals surface area contributed by atoms with Crippen LogP contribution in [0, 0.1) is 5.92 Å². The van der Waals surface area contributed by atoms with E-state index in [9.17, 15) is 5.11 Å². The number of azide groups is 1. The van der Waals surface area contributed by atoms with Gasteiger partial charge in [-0.05, 0) is 40.5 Å². The number of aliphatic hydroxyl groups is 1. The van der Waals surface area contributed by atoms with Gasteiger partial charge >= 0.3 is 0 Å². The van der Waals surface area contributed by atoms with Gasteiger partial charge in [-0.3, -0.25) is 0 Å². The minimum absolute atomic E-state index is 0.292. The summed E-state index contributed by atoms with van der Waals surface area (Å²) >= 11 is 0. The summed E-state index contributed by atoms with van der Waals surface area (Å²) in [6.45, 7) is 13.2. The van der Waals surface area contributed by atoms with Gasteiger partial charge in [-0.2, -0.15) is 0 Å².